The monoisotopic (exact) mass is 442 g/mol. The molecule has 132 valence electrons. The van der Waals surface area contributed by atoms with E-state index in [1.807, 2.05) is 0 Å². The standard InChI is InChI=1S/2C9H18S2.Zn/c2*1-3-5-6-8(4-2)7-9(10)11;/h2*8H,3-7H2,1-2H3,(H,10,11);/q;;+2/p-2. The van der Waals surface area contributed by atoms with Gasteiger partial charge in [0.1, 0.15) is 0 Å². The zero-order valence-electron chi connectivity index (χ0n) is 15.6. The SMILES string of the molecule is CCCCC(CC)CC(=S)[S-].CCCCC(CC)CC(=S)[S-].[Zn+2]. The van der Waals surface area contributed by atoms with Crippen molar-refractivity contribution >= 4 is 58.1 Å². The van der Waals surface area contributed by atoms with Crippen LogP contribution in [-0.4, -0.2) is 8.39 Å². The number of unbranched alkanes of at least 4 members (excludes halogenated alkanes) is 2. The van der Waals surface area contributed by atoms with Crippen LogP contribution in [0.5, 0.6) is 0 Å². The summed E-state index contributed by atoms with van der Waals surface area (Å²) in [6.45, 7) is 8.87. The second-order valence-corrected chi connectivity index (χ2v) is 8.47. The molecule has 0 aliphatic carbocycles. The van der Waals surface area contributed by atoms with E-state index in [-0.39, 0.29) is 19.5 Å². The van der Waals surface area contributed by atoms with Crippen molar-refractivity contribution in [1.82, 2.24) is 0 Å². The normalized spacial score (nSPS) is 12.3. The van der Waals surface area contributed by atoms with E-state index in [2.05, 4.69) is 27.7 Å². The Morgan fingerprint density at radius 2 is 1.04 bits per heavy atom. The van der Waals surface area contributed by atoms with Gasteiger partial charge in [-0.2, -0.15) is 8.39 Å². The molecule has 0 N–H and O–H groups in total. The Labute approximate surface area is 180 Å². The van der Waals surface area contributed by atoms with Gasteiger partial charge in [0.05, 0.1) is 0 Å². The maximum Gasteiger partial charge on any atom is 2.00 e. The van der Waals surface area contributed by atoms with Crippen LogP contribution in [0.3, 0.4) is 0 Å². The molecule has 2 unspecified atom stereocenters. The van der Waals surface area contributed by atoms with Crippen molar-refractivity contribution in [3.8, 4) is 0 Å². The molecule has 0 heterocycles. The molecule has 0 saturated carbocycles. The maximum absolute atomic E-state index is 4.90. The average molecular weight is 444 g/mol. The quantitative estimate of drug-likeness (QED) is 0.182. The van der Waals surface area contributed by atoms with E-state index < -0.39 is 0 Å². The molecule has 0 aromatic heterocycles. The summed E-state index contributed by atoms with van der Waals surface area (Å²) in [5.74, 6) is 1.50. The second-order valence-electron chi connectivity index (χ2n) is 5.99. The van der Waals surface area contributed by atoms with Gasteiger partial charge in [-0.15, -0.1) is 0 Å². The molecule has 0 saturated heterocycles. The molecular weight excluding hydrogens is 410 g/mol. The van der Waals surface area contributed by atoms with Crippen molar-refractivity contribution in [2.24, 2.45) is 11.8 Å². The Hall–Kier alpha value is 1.24. The van der Waals surface area contributed by atoms with Crippen molar-refractivity contribution < 1.29 is 19.5 Å². The van der Waals surface area contributed by atoms with Gasteiger partial charge in [0.25, 0.3) is 0 Å². The molecule has 0 nitrogen and oxygen atoms in total. The first-order valence-corrected chi connectivity index (χ1v) is 10.4. The molecular formula is C18H34S4Zn. The van der Waals surface area contributed by atoms with Gasteiger partial charge in [-0.25, -0.2) is 0 Å². The third-order valence-electron chi connectivity index (χ3n) is 4.00. The number of hydrogen-bond acceptors (Lipinski definition) is 4. The summed E-state index contributed by atoms with van der Waals surface area (Å²) in [5.41, 5.74) is 0. The average Bonchev–Trinajstić information content (AvgIpc) is 2.47. The fraction of sp³-hybridized carbons (Fsp3) is 0.889. The summed E-state index contributed by atoms with van der Waals surface area (Å²) in [5, 5.41) is 0. The van der Waals surface area contributed by atoms with Gasteiger partial charge in [-0.3, -0.25) is 0 Å². The van der Waals surface area contributed by atoms with Crippen LogP contribution in [0.25, 0.3) is 0 Å². The minimum Gasteiger partial charge on any atom is -0.433 e. The van der Waals surface area contributed by atoms with Gasteiger partial charge in [-0.05, 0) is 24.7 Å². The molecule has 23 heavy (non-hydrogen) atoms. The van der Waals surface area contributed by atoms with Crippen LogP contribution in [0.2, 0.25) is 0 Å². The molecule has 0 spiro atoms. The smallest absolute Gasteiger partial charge is 0.433 e. The maximum atomic E-state index is 4.90. The summed E-state index contributed by atoms with van der Waals surface area (Å²) >= 11 is 19.6. The van der Waals surface area contributed by atoms with Crippen molar-refractivity contribution in [3.63, 3.8) is 0 Å². The predicted octanol–water partition coefficient (Wildman–Crippen LogP) is 6.93. The van der Waals surface area contributed by atoms with Crippen LogP contribution in [-0.2, 0) is 44.7 Å². The number of hydrogen-bond donors (Lipinski definition) is 0. The topological polar surface area (TPSA) is 0 Å². The Balaban J connectivity index is -0.000000333. The largest absolute Gasteiger partial charge is 2.00 e. The van der Waals surface area contributed by atoms with Crippen molar-refractivity contribution in [2.45, 2.75) is 91.9 Å². The third kappa shape index (κ3) is 23.2. The van der Waals surface area contributed by atoms with Gasteiger partial charge in [-0.1, -0.05) is 79.1 Å². The first-order chi connectivity index (χ1) is 10.4. The van der Waals surface area contributed by atoms with Crippen LogP contribution in [0.15, 0.2) is 0 Å². The Morgan fingerprint density at radius 3 is 1.22 bits per heavy atom. The molecule has 0 aromatic rings. The van der Waals surface area contributed by atoms with E-state index in [0.717, 1.165) is 33.1 Å². The molecule has 0 radical (unpaired) electrons. The van der Waals surface area contributed by atoms with Gasteiger partial charge in [0.2, 0.25) is 0 Å². The van der Waals surface area contributed by atoms with E-state index in [4.69, 9.17) is 49.7 Å². The molecule has 5 heteroatoms. The first-order valence-electron chi connectivity index (χ1n) is 8.80. The van der Waals surface area contributed by atoms with Crippen molar-refractivity contribution in [1.29, 1.82) is 0 Å². The van der Waals surface area contributed by atoms with E-state index >= 15 is 0 Å². The third-order valence-corrected chi connectivity index (χ3v) is 4.66. The summed E-state index contributed by atoms with van der Waals surface area (Å²) in [4.78, 5) is 0. The van der Waals surface area contributed by atoms with Gasteiger partial charge >= 0.3 is 19.5 Å². The number of rotatable bonds is 12. The van der Waals surface area contributed by atoms with Crippen LogP contribution < -0.4 is 0 Å². The van der Waals surface area contributed by atoms with E-state index in [1.54, 1.807) is 0 Å². The molecule has 0 aromatic carbocycles. The molecule has 2 atom stereocenters. The molecule has 0 amide bonds. The summed E-state index contributed by atoms with van der Waals surface area (Å²) in [6.07, 6.45) is 12.2. The molecule has 0 fully saturated rings. The number of thiocarbonyl (C=S) groups is 2. The van der Waals surface area contributed by atoms with Crippen LogP contribution in [0.4, 0.5) is 0 Å². The van der Waals surface area contributed by atoms with Crippen molar-refractivity contribution in [3.05, 3.63) is 0 Å². The summed E-state index contributed by atoms with van der Waals surface area (Å²) in [6, 6.07) is 0. The summed E-state index contributed by atoms with van der Waals surface area (Å²) < 4.78 is 1.51. The Morgan fingerprint density at radius 1 is 0.739 bits per heavy atom. The minimum absolute atomic E-state index is 0. The Kier molecular flexibility index (Phi) is 26.9. The fourth-order valence-electron chi connectivity index (χ4n) is 2.36. The second kappa shape index (κ2) is 21.3. The fourth-order valence-corrected chi connectivity index (χ4v) is 3.30. The van der Waals surface area contributed by atoms with Crippen LogP contribution >= 0.6 is 24.4 Å². The van der Waals surface area contributed by atoms with Gasteiger partial charge in [0, 0.05) is 0 Å². The van der Waals surface area contributed by atoms with Gasteiger partial charge < -0.3 is 49.7 Å². The molecule has 0 rings (SSSR count). The Bertz CT molecular complexity index is 254. The first kappa shape index (κ1) is 29.0. The van der Waals surface area contributed by atoms with Crippen LogP contribution in [0, 0.1) is 11.8 Å². The van der Waals surface area contributed by atoms with E-state index in [9.17, 15) is 0 Å². The summed E-state index contributed by atoms with van der Waals surface area (Å²) in [7, 11) is 0. The van der Waals surface area contributed by atoms with E-state index in [1.165, 1.54) is 51.4 Å². The van der Waals surface area contributed by atoms with Crippen molar-refractivity contribution in [2.75, 3.05) is 0 Å². The van der Waals surface area contributed by atoms with Gasteiger partial charge in [0.15, 0.2) is 0 Å². The minimum atomic E-state index is 0. The van der Waals surface area contributed by atoms with Crippen LogP contribution in [0.1, 0.15) is 91.9 Å². The molecule has 0 aliphatic rings. The zero-order chi connectivity index (χ0) is 17.4. The zero-order valence-corrected chi connectivity index (χ0v) is 21.8. The molecule has 0 aliphatic heterocycles. The molecule has 0 bridgehead atoms. The van der Waals surface area contributed by atoms with E-state index in [0.29, 0.717) is 0 Å². The predicted molar refractivity (Wildman–Crippen MR) is 116 cm³/mol.